The van der Waals surface area contributed by atoms with Gasteiger partial charge in [0.2, 0.25) is 0 Å². The van der Waals surface area contributed by atoms with E-state index in [1.54, 1.807) is 29.8 Å². The van der Waals surface area contributed by atoms with Crippen molar-refractivity contribution in [3.63, 3.8) is 0 Å². The highest BCUT2D eigenvalue weighted by atomic mass is 32.1. The molecular formula is C19H17NO2S2. The average molecular weight is 355 g/mol. The second-order valence-electron chi connectivity index (χ2n) is 5.69. The molecule has 1 aliphatic rings. The number of hydrogen-bond donors (Lipinski definition) is 0. The second-order valence-corrected chi connectivity index (χ2v) is 7.67. The predicted molar refractivity (Wildman–Crippen MR) is 98.2 cm³/mol. The van der Waals surface area contributed by atoms with Gasteiger partial charge in [-0.2, -0.15) is 0 Å². The Morgan fingerprint density at radius 2 is 1.96 bits per heavy atom. The van der Waals surface area contributed by atoms with Gasteiger partial charge in [-0.15, -0.1) is 22.7 Å². The summed E-state index contributed by atoms with van der Waals surface area (Å²) in [4.78, 5) is 17.7. The van der Waals surface area contributed by atoms with Crippen molar-refractivity contribution in [1.82, 2.24) is 4.90 Å². The molecule has 1 aromatic carbocycles. The molecule has 0 radical (unpaired) electrons. The number of rotatable bonds is 3. The van der Waals surface area contributed by atoms with Crippen LogP contribution >= 0.6 is 22.7 Å². The lowest BCUT2D eigenvalue weighted by atomic mass is 9.97. The minimum absolute atomic E-state index is 0.0228. The largest absolute Gasteiger partial charge is 0.497 e. The highest BCUT2D eigenvalue weighted by Gasteiger charge is 2.33. The fourth-order valence-electron chi connectivity index (χ4n) is 3.19. The Labute approximate surface area is 149 Å². The number of fused-ring (bicyclic) bond motifs is 1. The quantitative estimate of drug-likeness (QED) is 0.687. The fourth-order valence-corrected chi connectivity index (χ4v) is 4.95. The van der Waals surface area contributed by atoms with Gasteiger partial charge in [-0.25, -0.2) is 0 Å². The second kappa shape index (κ2) is 6.42. The Kier molecular flexibility index (Phi) is 4.12. The molecule has 4 rings (SSSR count). The van der Waals surface area contributed by atoms with Gasteiger partial charge in [0.05, 0.1) is 13.2 Å². The van der Waals surface area contributed by atoms with Crippen LogP contribution in [0.1, 0.15) is 31.7 Å². The van der Waals surface area contributed by atoms with Gasteiger partial charge in [0, 0.05) is 21.9 Å². The van der Waals surface area contributed by atoms with Crippen LogP contribution in [0, 0.1) is 0 Å². The van der Waals surface area contributed by atoms with E-state index < -0.39 is 0 Å². The molecule has 0 N–H and O–H groups in total. The van der Waals surface area contributed by atoms with Crippen LogP contribution in [-0.4, -0.2) is 24.5 Å². The number of carbonyl (C=O) groups is 1. The molecule has 0 aliphatic carbocycles. The summed E-state index contributed by atoms with van der Waals surface area (Å²) >= 11 is 3.50. The summed E-state index contributed by atoms with van der Waals surface area (Å²) in [5, 5.41) is 4.21. The Hall–Kier alpha value is -2.11. The molecule has 0 saturated carbocycles. The lowest BCUT2D eigenvalue weighted by Gasteiger charge is -2.35. The molecule has 2 aromatic heterocycles. The normalized spacial score (nSPS) is 16.7. The van der Waals surface area contributed by atoms with Gasteiger partial charge >= 0.3 is 0 Å². The number of hydrogen-bond acceptors (Lipinski definition) is 4. The van der Waals surface area contributed by atoms with Crippen LogP contribution in [-0.2, 0) is 6.42 Å². The maximum atomic E-state index is 13.1. The highest BCUT2D eigenvalue weighted by molar-refractivity contribution is 7.10. The first-order valence-corrected chi connectivity index (χ1v) is 9.58. The predicted octanol–water partition coefficient (Wildman–Crippen LogP) is 4.61. The summed E-state index contributed by atoms with van der Waals surface area (Å²) in [5.41, 5.74) is 1.98. The third kappa shape index (κ3) is 2.64. The lowest BCUT2D eigenvalue weighted by Crippen LogP contribution is -2.39. The maximum Gasteiger partial charge on any atom is 0.254 e. The van der Waals surface area contributed by atoms with Gasteiger partial charge in [-0.05, 0) is 59.1 Å². The summed E-state index contributed by atoms with van der Waals surface area (Å²) in [6.07, 6.45) is 0.927. The Bertz CT molecular complexity index is 837. The summed E-state index contributed by atoms with van der Waals surface area (Å²) < 4.78 is 5.19. The molecule has 0 bridgehead atoms. The SMILES string of the molecule is COc1ccc(C(=O)N2CCc3sccc3[C@@H]2c2cccs2)cc1. The van der Waals surface area contributed by atoms with E-state index in [1.807, 2.05) is 29.2 Å². The van der Waals surface area contributed by atoms with Gasteiger partial charge < -0.3 is 9.64 Å². The van der Waals surface area contributed by atoms with Gasteiger partial charge in [0.15, 0.2) is 0 Å². The molecule has 1 amide bonds. The molecule has 1 aliphatic heterocycles. The van der Waals surface area contributed by atoms with E-state index in [0.29, 0.717) is 5.56 Å². The molecule has 1 atom stereocenters. The standard InChI is InChI=1S/C19H17NO2S2/c1-22-14-6-4-13(5-7-14)19(21)20-10-8-16-15(9-12-24-16)18(20)17-3-2-11-23-17/h2-7,9,11-12,18H,8,10H2,1H3/t18-/m1/s1. The lowest BCUT2D eigenvalue weighted by molar-refractivity contribution is 0.0699. The average Bonchev–Trinajstić information content (AvgIpc) is 3.31. The molecule has 122 valence electrons. The molecule has 5 heteroatoms. The summed E-state index contributed by atoms with van der Waals surface area (Å²) in [5.74, 6) is 0.841. The van der Waals surface area contributed by atoms with Crippen molar-refractivity contribution in [2.45, 2.75) is 12.5 Å². The number of methoxy groups -OCH3 is 1. The van der Waals surface area contributed by atoms with E-state index >= 15 is 0 Å². The van der Waals surface area contributed by atoms with E-state index in [1.165, 1.54) is 15.3 Å². The first-order chi connectivity index (χ1) is 11.8. The van der Waals surface area contributed by atoms with Gasteiger partial charge in [-0.1, -0.05) is 6.07 Å². The summed E-state index contributed by atoms with van der Waals surface area (Å²) in [6.45, 7) is 0.751. The van der Waals surface area contributed by atoms with Crippen molar-refractivity contribution < 1.29 is 9.53 Å². The first kappa shape index (κ1) is 15.4. The van der Waals surface area contributed by atoms with Crippen LogP contribution in [0.15, 0.2) is 53.2 Å². The number of thiophene rings is 2. The molecular weight excluding hydrogens is 338 g/mol. The molecule has 0 saturated heterocycles. The number of nitrogens with zero attached hydrogens (tertiary/aromatic N) is 1. The zero-order valence-corrected chi connectivity index (χ0v) is 14.9. The fraction of sp³-hybridized carbons (Fsp3) is 0.211. The van der Waals surface area contributed by atoms with Crippen molar-refractivity contribution >= 4 is 28.6 Å². The van der Waals surface area contributed by atoms with Gasteiger partial charge in [0.25, 0.3) is 5.91 Å². The smallest absolute Gasteiger partial charge is 0.254 e. The summed E-state index contributed by atoms with van der Waals surface area (Å²) in [7, 11) is 1.63. The zero-order chi connectivity index (χ0) is 16.5. The topological polar surface area (TPSA) is 29.5 Å². The summed E-state index contributed by atoms with van der Waals surface area (Å²) in [6, 6.07) is 13.7. The molecule has 24 heavy (non-hydrogen) atoms. The zero-order valence-electron chi connectivity index (χ0n) is 13.3. The van der Waals surface area contributed by atoms with Crippen LogP contribution in [0.4, 0.5) is 0 Å². The van der Waals surface area contributed by atoms with Crippen molar-refractivity contribution in [3.05, 3.63) is 74.1 Å². The van der Waals surface area contributed by atoms with Gasteiger partial charge in [-0.3, -0.25) is 4.79 Å². The third-order valence-electron chi connectivity index (χ3n) is 4.38. The van der Waals surface area contributed by atoms with Gasteiger partial charge in [0.1, 0.15) is 5.75 Å². The van der Waals surface area contributed by atoms with Crippen LogP contribution in [0.2, 0.25) is 0 Å². The molecule has 0 spiro atoms. The number of carbonyl (C=O) groups excluding carboxylic acids is 1. The molecule has 0 unspecified atom stereocenters. The Morgan fingerprint density at radius 3 is 2.67 bits per heavy atom. The highest BCUT2D eigenvalue weighted by Crippen LogP contribution is 2.40. The van der Waals surface area contributed by atoms with Crippen LogP contribution in [0.3, 0.4) is 0 Å². The monoisotopic (exact) mass is 355 g/mol. The van der Waals surface area contributed by atoms with Crippen LogP contribution < -0.4 is 4.74 Å². The van der Waals surface area contributed by atoms with Crippen molar-refractivity contribution in [2.24, 2.45) is 0 Å². The minimum Gasteiger partial charge on any atom is -0.497 e. The number of benzene rings is 1. The van der Waals surface area contributed by atoms with E-state index in [2.05, 4.69) is 29.0 Å². The van der Waals surface area contributed by atoms with Crippen molar-refractivity contribution in [3.8, 4) is 5.75 Å². The molecule has 0 fully saturated rings. The van der Waals surface area contributed by atoms with Crippen molar-refractivity contribution in [1.29, 1.82) is 0 Å². The maximum absolute atomic E-state index is 13.1. The van der Waals surface area contributed by atoms with E-state index in [0.717, 1.165) is 18.7 Å². The van der Waals surface area contributed by atoms with Crippen LogP contribution in [0.5, 0.6) is 5.75 Å². The Morgan fingerprint density at radius 1 is 1.12 bits per heavy atom. The van der Waals surface area contributed by atoms with E-state index in [9.17, 15) is 4.79 Å². The molecule has 3 aromatic rings. The van der Waals surface area contributed by atoms with E-state index in [4.69, 9.17) is 4.74 Å². The van der Waals surface area contributed by atoms with E-state index in [-0.39, 0.29) is 11.9 Å². The first-order valence-electron chi connectivity index (χ1n) is 7.82. The third-order valence-corrected chi connectivity index (χ3v) is 6.30. The van der Waals surface area contributed by atoms with Crippen LogP contribution in [0.25, 0.3) is 0 Å². The number of ether oxygens (including phenoxy) is 1. The Balaban J connectivity index is 1.71. The molecule has 3 nitrogen and oxygen atoms in total. The minimum atomic E-state index is 0.0228. The molecule has 3 heterocycles. The number of amides is 1. The van der Waals surface area contributed by atoms with Crippen molar-refractivity contribution in [2.75, 3.05) is 13.7 Å².